The van der Waals surface area contributed by atoms with Gasteiger partial charge in [0.05, 0.1) is 25.1 Å². The lowest BCUT2D eigenvalue weighted by Crippen LogP contribution is -2.60. The predicted molar refractivity (Wildman–Crippen MR) is 77.0 cm³/mol. The van der Waals surface area contributed by atoms with Crippen molar-refractivity contribution in [2.75, 3.05) is 6.61 Å². The second-order valence-corrected chi connectivity index (χ2v) is 6.66. The highest BCUT2D eigenvalue weighted by Gasteiger charge is 2.54. The molecule has 0 unspecified atom stereocenters. The molecule has 138 valence electrons. The van der Waals surface area contributed by atoms with E-state index in [0.717, 1.165) is 0 Å². The van der Waals surface area contributed by atoms with Gasteiger partial charge in [0.1, 0.15) is 24.4 Å². The molecule has 3 aliphatic rings. The predicted octanol–water partition coefficient (Wildman–Crippen LogP) is -2.72. The molecule has 9 nitrogen and oxygen atoms in total. The fourth-order valence-corrected chi connectivity index (χ4v) is 3.76. The van der Waals surface area contributed by atoms with E-state index in [1.54, 1.807) is 13.0 Å². The summed E-state index contributed by atoms with van der Waals surface area (Å²) in [4.78, 5) is 0. The summed E-state index contributed by atoms with van der Waals surface area (Å²) in [7, 11) is 0. The fraction of sp³-hybridized carbons (Fsp3) is 0.867. The summed E-state index contributed by atoms with van der Waals surface area (Å²) >= 11 is 0. The molecular formula is C15H24O9. The lowest BCUT2D eigenvalue weighted by atomic mass is 9.88. The molecule has 2 heterocycles. The Hall–Kier alpha value is -0.780. The molecule has 1 aliphatic carbocycles. The lowest BCUT2D eigenvalue weighted by molar-refractivity contribution is -0.342. The molecule has 6 N–H and O–H groups in total. The van der Waals surface area contributed by atoms with Crippen LogP contribution in [0.3, 0.4) is 0 Å². The number of hydrogen-bond acceptors (Lipinski definition) is 9. The Kier molecular flexibility index (Phi) is 5.14. The second-order valence-electron chi connectivity index (χ2n) is 6.66. The van der Waals surface area contributed by atoms with Crippen molar-refractivity contribution in [3.63, 3.8) is 0 Å². The molecule has 0 amide bonds. The molecular weight excluding hydrogens is 324 g/mol. The van der Waals surface area contributed by atoms with Gasteiger partial charge in [-0.05, 0) is 12.0 Å². The molecule has 3 rings (SSSR count). The van der Waals surface area contributed by atoms with Crippen molar-refractivity contribution < 1.29 is 44.8 Å². The first-order valence-corrected chi connectivity index (χ1v) is 8.01. The van der Waals surface area contributed by atoms with Gasteiger partial charge in [-0.2, -0.15) is 0 Å². The molecule has 9 heteroatoms. The summed E-state index contributed by atoms with van der Waals surface area (Å²) in [5.41, 5.74) is 0. The van der Waals surface area contributed by atoms with Crippen molar-refractivity contribution in [3.8, 4) is 0 Å². The van der Waals surface area contributed by atoms with Gasteiger partial charge in [-0.25, -0.2) is 0 Å². The van der Waals surface area contributed by atoms with E-state index >= 15 is 0 Å². The molecule has 0 aromatic carbocycles. The Morgan fingerprint density at radius 2 is 1.62 bits per heavy atom. The molecule has 24 heavy (non-hydrogen) atoms. The standard InChI is InChI=1S/C15H24O9/c1-5-8-6(10(18)9(5)17)2-3-22-14(8)24-15-13(21)12(20)11(19)7(4-16)23-15/h2-3,5-21H,4H2,1H3/t5-,6-,7+,8+,9+,10-,11+,12-,13+,14-,15-/m0/s1. The molecule has 0 aromatic heterocycles. The van der Waals surface area contributed by atoms with Crippen LogP contribution in [0.15, 0.2) is 12.3 Å². The van der Waals surface area contributed by atoms with Crippen molar-refractivity contribution in [2.45, 2.75) is 56.1 Å². The van der Waals surface area contributed by atoms with E-state index in [0.29, 0.717) is 0 Å². The molecule has 0 spiro atoms. The van der Waals surface area contributed by atoms with Crippen LogP contribution in [0.25, 0.3) is 0 Å². The van der Waals surface area contributed by atoms with Crippen molar-refractivity contribution in [1.29, 1.82) is 0 Å². The lowest BCUT2D eigenvalue weighted by Gasteiger charge is -2.42. The zero-order valence-corrected chi connectivity index (χ0v) is 13.1. The van der Waals surface area contributed by atoms with Crippen molar-refractivity contribution in [3.05, 3.63) is 12.3 Å². The molecule has 0 aromatic rings. The maximum Gasteiger partial charge on any atom is 0.205 e. The first-order valence-electron chi connectivity index (χ1n) is 8.01. The van der Waals surface area contributed by atoms with Gasteiger partial charge < -0.3 is 44.8 Å². The summed E-state index contributed by atoms with van der Waals surface area (Å²) in [6, 6.07) is 0. The zero-order chi connectivity index (χ0) is 17.6. The van der Waals surface area contributed by atoms with Crippen LogP contribution in [0.4, 0.5) is 0 Å². The zero-order valence-electron chi connectivity index (χ0n) is 13.1. The Balaban J connectivity index is 1.74. The van der Waals surface area contributed by atoms with Crippen LogP contribution in [0, 0.1) is 17.8 Å². The van der Waals surface area contributed by atoms with Gasteiger partial charge in [0, 0.05) is 11.8 Å². The van der Waals surface area contributed by atoms with Gasteiger partial charge >= 0.3 is 0 Å². The van der Waals surface area contributed by atoms with Gasteiger partial charge in [-0.15, -0.1) is 0 Å². The Morgan fingerprint density at radius 3 is 2.29 bits per heavy atom. The molecule has 1 saturated heterocycles. The first kappa shape index (κ1) is 18.0. The normalized spacial score (nSPS) is 54.4. The van der Waals surface area contributed by atoms with Gasteiger partial charge in [-0.3, -0.25) is 0 Å². The van der Waals surface area contributed by atoms with Crippen LogP contribution < -0.4 is 0 Å². The van der Waals surface area contributed by atoms with E-state index < -0.39 is 55.8 Å². The number of aliphatic hydroxyl groups excluding tert-OH is 6. The third kappa shape index (κ3) is 2.85. The SMILES string of the molecule is C[C@@H]1[C@@H](O)[C@@H](O)[C@H]2C=CO[C@@H](O[C@@H]3O[C@H](CO)[C@@H](O)[C@H](O)[C@H]3O)[C@H]12. The number of hydrogen-bond donors (Lipinski definition) is 6. The summed E-state index contributed by atoms with van der Waals surface area (Å²) in [5.74, 6) is -1.09. The van der Waals surface area contributed by atoms with E-state index in [1.165, 1.54) is 6.26 Å². The Morgan fingerprint density at radius 1 is 0.917 bits per heavy atom. The summed E-state index contributed by atoms with van der Waals surface area (Å²) < 4.78 is 16.4. The summed E-state index contributed by atoms with van der Waals surface area (Å²) in [6.07, 6.45) is -6.80. The van der Waals surface area contributed by atoms with E-state index in [9.17, 15) is 30.6 Å². The molecule has 2 aliphatic heterocycles. The van der Waals surface area contributed by atoms with E-state index in [1.807, 2.05) is 0 Å². The van der Waals surface area contributed by atoms with E-state index in [-0.39, 0.29) is 17.8 Å². The summed E-state index contributed by atoms with van der Waals surface area (Å²) in [6.45, 7) is 1.20. The second kappa shape index (κ2) is 6.85. The van der Waals surface area contributed by atoms with Crippen molar-refractivity contribution >= 4 is 0 Å². The highest BCUT2D eigenvalue weighted by Crippen LogP contribution is 2.44. The Labute approximate surface area is 138 Å². The van der Waals surface area contributed by atoms with Crippen LogP contribution in [-0.2, 0) is 14.2 Å². The molecule has 11 atom stereocenters. The summed E-state index contributed by atoms with van der Waals surface area (Å²) in [5, 5.41) is 59.0. The number of rotatable bonds is 3. The van der Waals surface area contributed by atoms with Crippen molar-refractivity contribution in [2.24, 2.45) is 17.8 Å². The molecule has 0 bridgehead atoms. The quantitative estimate of drug-likeness (QED) is 0.320. The monoisotopic (exact) mass is 348 g/mol. The molecule has 1 saturated carbocycles. The third-order valence-electron chi connectivity index (χ3n) is 5.28. The van der Waals surface area contributed by atoms with E-state index in [2.05, 4.69) is 0 Å². The van der Waals surface area contributed by atoms with E-state index in [4.69, 9.17) is 14.2 Å². The minimum absolute atomic E-state index is 0.329. The first-order chi connectivity index (χ1) is 11.4. The number of ether oxygens (including phenoxy) is 3. The highest BCUT2D eigenvalue weighted by molar-refractivity contribution is 5.07. The van der Waals surface area contributed by atoms with Crippen LogP contribution in [0.2, 0.25) is 0 Å². The highest BCUT2D eigenvalue weighted by atomic mass is 16.8. The van der Waals surface area contributed by atoms with Crippen LogP contribution in [0.5, 0.6) is 0 Å². The van der Waals surface area contributed by atoms with Crippen LogP contribution in [0.1, 0.15) is 6.92 Å². The van der Waals surface area contributed by atoms with Crippen molar-refractivity contribution in [1.82, 2.24) is 0 Å². The molecule has 2 fully saturated rings. The minimum Gasteiger partial charge on any atom is -0.472 e. The fourth-order valence-electron chi connectivity index (χ4n) is 3.76. The average molecular weight is 348 g/mol. The number of aliphatic hydroxyl groups is 6. The average Bonchev–Trinajstić information content (AvgIpc) is 2.80. The number of fused-ring (bicyclic) bond motifs is 1. The van der Waals surface area contributed by atoms with Crippen LogP contribution >= 0.6 is 0 Å². The maximum atomic E-state index is 10.1. The van der Waals surface area contributed by atoms with Gasteiger partial charge in [0.15, 0.2) is 6.29 Å². The van der Waals surface area contributed by atoms with Crippen LogP contribution in [-0.4, -0.2) is 86.4 Å². The largest absolute Gasteiger partial charge is 0.472 e. The molecule has 0 radical (unpaired) electrons. The minimum atomic E-state index is -1.55. The smallest absolute Gasteiger partial charge is 0.205 e. The maximum absolute atomic E-state index is 10.1. The Bertz CT molecular complexity index is 470. The van der Waals surface area contributed by atoms with Gasteiger partial charge in [0.2, 0.25) is 6.29 Å². The third-order valence-corrected chi connectivity index (χ3v) is 5.28. The van der Waals surface area contributed by atoms with Gasteiger partial charge in [0.25, 0.3) is 0 Å². The topological polar surface area (TPSA) is 149 Å². The van der Waals surface area contributed by atoms with Gasteiger partial charge in [-0.1, -0.05) is 6.92 Å².